The third-order valence-corrected chi connectivity index (χ3v) is 5.32. The molecule has 1 aliphatic carbocycles. The Morgan fingerprint density at radius 2 is 1.95 bits per heavy atom. The molecule has 20 heavy (non-hydrogen) atoms. The fraction of sp³-hybridized carbons (Fsp3) is 0.533. The first kappa shape index (κ1) is 15.8. The number of amides is 1. The minimum absolute atomic E-state index is 0.0381. The Kier molecular flexibility index (Phi) is 5.47. The molecule has 0 bridgehead atoms. The van der Waals surface area contributed by atoms with Gasteiger partial charge < -0.3 is 11.1 Å². The van der Waals surface area contributed by atoms with Crippen LogP contribution >= 0.6 is 27.5 Å². The van der Waals surface area contributed by atoms with Crippen molar-refractivity contribution in [2.75, 3.05) is 11.9 Å². The summed E-state index contributed by atoms with van der Waals surface area (Å²) in [6.45, 7) is 0.410. The van der Waals surface area contributed by atoms with Crippen molar-refractivity contribution in [2.24, 2.45) is 11.1 Å². The molecule has 3 nitrogen and oxygen atoms in total. The molecule has 1 aromatic carbocycles. The Morgan fingerprint density at radius 3 is 2.50 bits per heavy atom. The molecule has 1 saturated carbocycles. The van der Waals surface area contributed by atoms with Gasteiger partial charge in [-0.2, -0.15) is 0 Å². The molecule has 0 spiro atoms. The molecule has 3 N–H and O–H groups in total. The second kappa shape index (κ2) is 6.92. The van der Waals surface area contributed by atoms with Gasteiger partial charge in [-0.15, -0.1) is 0 Å². The van der Waals surface area contributed by atoms with E-state index < -0.39 is 5.41 Å². The van der Waals surface area contributed by atoms with Crippen LogP contribution in [0.2, 0.25) is 5.02 Å². The van der Waals surface area contributed by atoms with Crippen LogP contribution in [0, 0.1) is 5.41 Å². The highest BCUT2D eigenvalue weighted by Gasteiger charge is 2.37. The fourth-order valence-electron chi connectivity index (χ4n) is 2.77. The fourth-order valence-corrected chi connectivity index (χ4v) is 3.26. The standard InChI is InChI=1S/C15H20BrClN2O/c16-12-9-11(5-6-13(12)17)19-14(20)15(10-18)7-3-1-2-4-8-15/h5-6,9H,1-4,7-8,10,18H2,(H,19,20). The maximum atomic E-state index is 12.6. The minimum atomic E-state index is -0.414. The van der Waals surface area contributed by atoms with Crippen molar-refractivity contribution in [1.82, 2.24) is 0 Å². The molecule has 0 unspecified atom stereocenters. The van der Waals surface area contributed by atoms with Crippen LogP contribution in [0.5, 0.6) is 0 Å². The summed E-state index contributed by atoms with van der Waals surface area (Å²) < 4.78 is 0.777. The van der Waals surface area contributed by atoms with E-state index in [2.05, 4.69) is 21.2 Å². The average Bonchev–Trinajstić information content (AvgIpc) is 2.69. The minimum Gasteiger partial charge on any atom is -0.329 e. The molecule has 0 aromatic heterocycles. The van der Waals surface area contributed by atoms with Crippen molar-refractivity contribution in [1.29, 1.82) is 0 Å². The SMILES string of the molecule is NCC1(C(=O)Nc2ccc(Cl)c(Br)c2)CCCCCC1. The quantitative estimate of drug-likeness (QED) is 0.789. The van der Waals surface area contributed by atoms with Crippen LogP contribution in [0.25, 0.3) is 0 Å². The number of carbonyl (C=O) groups excluding carboxylic acids is 1. The number of anilines is 1. The topological polar surface area (TPSA) is 55.1 Å². The third kappa shape index (κ3) is 3.54. The zero-order valence-electron chi connectivity index (χ0n) is 11.4. The number of hydrogen-bond acceptors (Lipinski definition) is 2. The summed E-state index contributed by atoms with van der Waals surface area (Å²) in [6, 6.07) is 5.40. The van der Waals surface area contributed by atoms with E-state index in [1.807, 2.05) is 12.1 Å². The number of nitrogens with one attached hydrogen (secondary N) is 1. The van der Waals surface area contributed by atoms with Gasteiger partial charge >= 0.3 is 0 Å². The Bertz CT molecular complexity index is 485. The van der Waals surface area contributed by atoms with Gasteiger partial charge in [0, 0.05) is 16.7 Å². The summed E-state index contributed by atoms with van der Waals surface area (Å²) in [5, 5.41) is 3.62. The van der Waals surface area contributed by atoms with Gasteiger partial charge in [-0.3, -0.25) is 4.79 Å². The molecule has 0 radical (unpaired) electrons. The number of rotatable bonds is 3. The normalized spacial score (nSPS) is 18.4. The summed E-state index contributed by atoms with van der Waals surface area (Å²) in [7, 11) is 0. The maximum absolute atomic E-state index is 12.6. The molecule has 1 aliphatic rings. The van der Waals surface area contributed by atoms with Crippen molar-refractivity contribution in [3.8, 4) is 0 Å². The Balaban J connectivity index is 2.14. The van der Waals surface area contributed by atoms with Crippen LogP contribution in [0.4, 0.5) is 5.69 Å². The lowest BCUT2D eigenvalue weighted by Crippen LogP contribution is -2.42. The summed E-state index contributed by atoms with van der Waals surface area (Å²) in [5.41, 5.74) is 6.26. The van der Waals surface area contributed by atoms with Crippen LogP contribution in [-0.4, -0.2) is 12.5 Å². The van der Waals surface area contributed by atoms with Gasteiger partial charge in [-0.05, 0) is 47.0 Å². The first-order chi connectivity index (χ1) is 9.57. The number of carbonyl (C=O) groups is 1. The number of halogens is 2. The van der Waals surface area contributed by atoms with E-state index in [-0.39, 0.29) is 5.91 Å². The number of benzene rings is 1. The zero-order chi connectivity index (χ0) is 14.6. The second-order valence-corrected chi connectivity index (χ2v) is 6.74. The second-order valence-electron chi connectivity index (χ2n) is 5.48. The highest BCUT2D eigenvalue weighted by molar-refractivity contribution is 9.10. The van der Waals surface area contributed by atoms with E-state index in [0.717, 1.165) is 35.8 Å². The smallest absolute Gasteiger partial charge is 0.231 e. The average molecular weight is 360 g/mol. The van der Waals surface area contributed by atoms with Crippen LogP contribution in [-0.2, 0) is 4.79 Å². The van der Waals surface area contributed by atoms with E-state index >= 15 is 0 Å². The zero-order valence-corrected chi connectivity index (χ0v) is 13.8. The van der Waals surface area contributed by atoms with Crippen molar-refractivity contribution in [3.05, 3.63) is 27.7 Å². The van der Waals surface area contributed by atoms with E-state index in [1.165, 1.54) is 12.8 Å². The Morgan fingerprint density at radius 1 is 1.30 bits per heavy atom. The molecule has 1 fully saturated rings. The first-order valence-corrected chi connectivity index (χ1v) is 8.21. The van der Waals surface area contributed by atoms with Gasteiger partial charge in [0.2, 0.25) is 5.91 Å². The van der Waals surface area contributed by atoms with Gasteiger partial charge in [0.25, 0.3) is 0 Å². The molecule has 5 heteroatoms. The molecular formula is C15H20BrClN2O. The van der Waals surface area contributed by atoms with Crippen LogP contribution in [0.3, 0.4) is 0 Å². The highest BCUT2D eigenvalue weighted by Crippen LogP contribution is 2.36. The predicted octanol–water partition coefficient (Wildman–Crippen LogP) is 4.34. The van der Waals surface area contributed by atoms with E-state index in [9.17, 15) is 4.79 Å². The Labute approximate surface area is 133 Å². The molecule has 110 valence electrons. The molecule has 0 aliphatic heterocycles. The lowest BCUT2D eigenvalue weighted by molar-refractivity contribution is -0.125. The van der Waals surface area contributed by atoms with Gasteiger partial charge in [-0.1, -0.05) is 37.3 Å². The van der Waals surface area contributed by atoms with Gasteiger partial charge in [0.15, 0.2) is 0 Å². The lowest BCUT2D eigenvalue weighted by atomic mass is 9.79. The van der Waals surface area contributed by atoms with Crippen molar-refractivity contribution >= 4 is 39.1 Å². The van der Waals surface area contributed by atoms with Gasteiger partial charge in [-0.25, -0.2) is 0 Å². The van der Waals surface area contributed by atoms with Crippen LogP contribution < -0.4 is 11.1 Å². The highest BCUT2D eigenvalue weighted by atomic mass is 79.9. The van der Waals surface area contributed by atoms with Gasteiger partial charge in [0.1, 0.15) is 0 Å². The third-order valence-electron chi connectivity index (χ3n) is 4.11. The van der Waals surface area contributed by atoms with Gasteiger partial charge in [0.05, 0.1) is 10.4 Å². The molecule has 1 amide bonds. The summed E-state index contributed by atoms with van der Waals surface area (Å²) >= 11 is 9.33. The number of hydrogen-bond donors (Lipinski definition) is 2. The molecular weight excluding hydrogens is 340 g/mol. The Hall–Kier alpha value is -0.580. The van der Waals surface area contributed by atoms with E-state index in [0.29, 0.717) is 11.6 Å². The van der Waals surface area contributed by atoms with Crippen molar-refractivity contribution in [2.45, 2.75) is 38.5 Å². The van der Waals surface area contributed by atoms with E-state index in [4.69, 9.17) is 17.3 Å². The largest absolute Gasteiger partial charge is 0.329 e. The molecule has 0 saturated heterocycles. The van der Waals surface area contributed by atoms with Crippen LogP contribution in [0.15, 0.2) is 22.7 Å². The van der Waals surface area contributed by atoms with Crippen LogP contribution in [0.1, 0.15) is 38.5 Å². The predicted molar refractivity (Wildman–Crippen MR) is 87.0 cm³/mol. The monoisotopic (exact) mass is 358 g/mol. The maximum Gasteiger partial charge on any atom is 0.231 e. The molecule has 2 rings (SSSR count). The molecule has 0 atom stereocenters. The van der Waals surface area contributed by atoms with Crippen molar-refractivity contribution < 1.29 is 4.79 Å². The van der Waals surface area contributed by atoms with E-state index in [1.54, 1.807) is 6.07 Å². The lowest BCUT2D eigenvalue weighted by Gasteiger charge is -2.29. The van der Waals surface area contributed by atoms with Crippen molar-refractivity contribution in [3.63, 3.8) is 0 Å². The molecule has 0 heterocycles. The summed E-state index contributed by atoms with van der Waals surface area (Å²) in [4.78, 5) is 12.6. The first-order valence-electron chi connectivity index (χ1n) is 7.04. The number of nitrogens with two attached hydrogens (primary N) is 1. The summed E-state index contributed by atoms with van der Waals surface area (Å²) in [5.74, 6) is 0.0381. The molecule has 1 aromatic rings. The summed E-state index contributed by atoms with van der Waals surface area (Å²) in [6.07, 6.45) is 6.31.